The molecule has 302 valence electrons. The molecular weight excluding hydrogens is 795 g/mol. The van der Waals surface area contributed by atoms with E-state index in [2.05, 4.69) is 214 Å². The van der Waals surface area contributed by atoms with Crippen molar-refractivity contribution in [3.63, 3.8) is 0 Å². The van der Waals surface area contributed by atoms with E-state index in [4.69, 9.17) is 19.9 Å². The zero-order valence-electron chi connectivity index (χ0n) is 34.8. The lowest BCUT2D eigenvalue weighted by Crippen LogP contribution is -2.04. The summed E-state index contributed by atoms with van der Waals surface area (Å²) in [7, 11) is 0. The van der Waals surface area contributed by atoms with Gasteiger partial charge in [0.15, 0.2) is 11.6 Å². The summed E-state index contributed by atoms with van der Waals surface area (Å²) < 4.78 is 6.86. The molecule has 65 heavy (non-hydrogen) atoms. The second-order valence-corrected chi connectivity index (χ2v) is 16.7. The number of hydrogen-bond donors (Lipinski definition) is 0. The highest BCUT2D eigenvalue weighted by Gasteiger charge is 2.21. The first-order chi connectivity index (χ1) is 32.2. The first-order valence-corrected chi connectivity index (χ1v) is 21.9. The van der Waals surface area contributed by atoms with Crippen LogP contribution in [0.3, 0.4) is 0 Å². The number of rotatable bonds is 5. The number of hydrogen-bond acceptors (Lipinski definition) is 4. The standard InChI is InChI=1S/C58H35N7/c1-6-18-49-41(12-1)42-13-2-7-19-50(42)63(49)39-29-23-36(24-30-39)48-34-28-37-27-33-47-55(54(37)60-48)61-56(62-58(47)65-53-22-10-5-16-45(53)46-17-11-35-59-57(46)65)38-25-31-40(32-26-38)64-51-20-8-3-14-43(51)44-15-4-9-21-52(44)64/h1-35H. The molecule has 0 amide bonds. The van der Waals surface area contributed by atoms with Gasteiger partial charge in [-0.05, 0) is 91.0 Å². The lowest BCUT2D eigenvalue weighted by Gasteiger charge is -2.14. The highest BCUT2D eigenvalue weighted by molar-refractivity contribution is 6.12. The maximum atomic E-state index is 5.45. The van der Waals surface area contributed by atoms with E-state index in [0.29, 0.717) is 5.82 Å². The minimum atomic E-state index is 0.610. The van der Waals surface area contributed by atoms with Crippen LogP contribution in [0.1, 0.15) is 0 Å². The average molecular weight is 830 g/mol. The first kappa shape index (κ1) is 35.6. The van der Waals surface area contributed by atoms with Crippen LogP contribution < -0.4 is 0 Å². The molecule has 0 fully saturated rings. The fraction of sp³-hybridized carbons (Fsp3) is 0. The minimum Gasteiger partial charge on any atom is -0.309 e. The summed E-state index contributed by atoms with van der Waals surface area (Å²) >= 11 is 0. The lowest BCUT2D eigenvalue weighted by molar-refractivity contribution is 1.06. The van der Waals surface area contributed by atoms with Crippen molar-refractivity contribution < 1.29 is 0 Å². The van der Waals surface area contributed by atoms with E-state index >= 15 is 0 Å². The molecule has 0 aliphatic rings. The van der Waals surface area contributed by atoms with E-state index < -0.39 is 0 Å². The number of benzene rings is 8. The van der Waals surface area contributed by atoms with Gasteiger partial charge in [0.2, 0.25) is 0 Å². The van der Waals surface area contributed by atoms with Gasteiger partial charge in [-0.15, -0.1) is 0 Å². The van der Waals surface area contributed by atoms with Crippen molar-refractivity contribution in [2.45, 2.75) is 0 Å². The van der Waals surface area contributed by atoms with Gasteiger partial charge in [0, 0.05) is 71.8 Å². The SMILES string of the molecule is c1ccc2c(c1)c1ccccc1n2-c1ccc(-c2ccc3ccc4c(-n5c6ccccc6c6cccnc65)nc(-c5ccc(-n6c7ccccc7c7ccccc76)cc5)nc4c3n2)cc1. The van der Waals surface area contributed by atoms with Crippen molar-refractivity contribution >= 4 is 87.4 Å². The summed E-state index contributed by atoms with van der Waals surface area (Å²) in [4.78, 5) is 21.2. The third kappa shape index (κ3) is 5.30. The van der Waals surface area contributed by atoms with Gasteiger partial charge in [0.25, 0.3) is 0 Å². The second-order valence-electron chi connectivity index (χ2n) is 16.7. The third-order valence-corrected chi connectivity index (χ3v) is 13.1. The summed E-state index contributed by atoms with van der Waals surface area (Å²) in [6, 6.07) is 72.9. The summed E-state index contributed by atoms with van der Waals surface area (Å²) in [5.74, 6) is 1.37. The maximum Gasteiger partial charge on any atom is 0.162 e. The van der Waals surface area contributed by atoms with Crippen LogP contribution in [0.25, 0.3) is 127 Å². The van der Waals surface area contributed by atoms with Gasteiger partial charge in [-0.1, -0.05) is 115 Å². The Hall–Kier alpha value is -8.94. The van der Waals surface area contributed by atoms with Crippen molar-refractivity contribution in [2.24, 2.45) is 0 Å². The van der Waals surface area contributed by atoms with Crippen LogP contribution in [0.5, 0.6) is 0 Å². The molecule has 0 aliphatic heterocycles. The Balaban J connectivity index is 0.959. The Labute approximate surface area is 371 Å². The van der Waals surface area contributed by atoms with Crippen LogP contribution in [0, 0.1) is 0 Å². The van der Waals surface area contributed by atoms with E-state index in [1.807, 2.05) is 12.3 Å². The molecule has 7 heteroatoms. The van der Waals surface area contributed by atoms with Gasteiger partial charge in [0.1, 0.15) is 11.2 Å². The summed E-state index contributed by atoms with van der Waals surface area (Å²) in [5.41, 5.74) is 13.1. The van der Waals surface area contributed by atoms with Crippen molar-refractivity contribution in [3.05, 3.63) is 212 Å². The fourth-order valence-corrected chi connectivity index (χ4v) is 10.2. The van der Waals surface area contributed by atoms with Crippen LogP contribution in [0.2, 0.25) is 0 Å². The topological polar surface area (TPSA) is 66.3 Å². The van der Waals surface area contributed by atoms with Gasteiger partial charge in [-0.2, -0.15) is 0 Å². The normalized spacial score (nSPS) is 12.0. The molecule has 0 saturated carbocycles. The predicted molar refractivity (Wildman–Crippen MR) is 267 cm³/mol. The van der Waals surface area contributed by atoms with Gasteiger partial charge in [-0.25, -0.2) is 19.9 Å². The number of fused-ring (bicyclic) bond motifs is 12. The number of aromatic nitrogens is 7. The monoisotopic (exact) mass is 829 g/mol. The molecule has 0 aliphatic carbocycles. The summed E-state index contributed by atoms with van der Waals surface area (Å²) in [5, 5.41) is 9.02. The maximum absolute atomic E-state index is 5.45. The molecule has 0 atom stereocenters. The van der Waals surface area contributed by atoms with E-state index in [-0.39, 0.29) is 0 Å². The number of nitrogens with zero attached hydrogens (tertiary/aromatic N) is 7. The quantitative estimate of drug-likeness (QED) is 0.162. The Bertz CT molecular complexity index is 4070. The van der Waals surface area contributed by atoms with Crippen LogP contribution >= 0.6 is 0 Å². The molecule has 0 unspecified atom stereocenters. The molecule has 6 heterocycles. The van der Waals surface area contributed by atoms with Crippen molar-refractivity contribution in [2.75, 3.05) is 0 Å². The largest absolute Gasteiger partial charge is 0.309 e. The van der Waals surface area contributed by atoms with Crippen molar-refractivity contribution in [1.29, 1.82) is 0 Å². The van der Waals surface area contributed by atoms with E-state index in [1.54, 1.807) is 0 Å². The number of para-hydroxylation sites is 5. The number of pyridine rings is 2. The van der Waals surface area contributed by atoms with Crippen molar-refractivity contribution in [3.8, 4) is 39.8 Å². The summed E-state index contributed by atoms with van der Waals surface area (Å²) in [6.07, 6.45) is 1.85. The average Bonchev–Trinajstić information content (AvgIpc) is 4.02. The molecule has 0 N–H and O–H groups in total. The molecule has 7 nitrogen and oxygen atoms in total. The zero-order chi connectivity index (χ0) is 42.6. The molecule has 14 aromatic rings. The fourth-order valence-electron chi connectivity index (χ4n) is 10.2. The van der Waals surface area contributed by atoms with Gasteiger partial charge in [0.05, 0.1) is 38.8 Å². The Morgan fingerprint density at radius 3 is 1.32 bits per heavy atom. The minimum absolute atomic E-state index is 0.610. The van der Waals surface area contributed by atoms with E-state index in [9.17, 15) is 0 Å². The van der Waals surface area contributed by atoms with Gasteiger partial charge in [-0.3, -0.25) is 4.57 Å². The third-order valence-electron chi connectivity index (χ3n) is 13.1. The molecule has 0 bridgehead atoms. The van der Waals surface area contributed by atoms with Crippen LogP contribution in [-0.4, -0.2) is 33.6 Å². The zero-order valence-corrected chi connectivity index (χ0v) is 34.8. The molecule has 6 aromatic heterocycles. The predicted octanol–water partition coefficient (Wildman–Crippen LogP) is 14.2. The van der Waals surface area contributed by atoms with Gasteiger partial charge >= 0.3 is 0 Å². The highest BCUT2D eigenvalue weighted by atomic mass is 15.1. The van der Waals surface area contributed by atoms with E-state index in [1.165, 1.54) is 43.6 Å². The molecule has 0 radical (unpaired) electrons. The smallest absolute Gasteiger partial charge is 0.162 e. The Kier molecular flexibility index (Phi) is 7.55. The molecule has 8 aromatic carbocycles. The Morgan fingerprint density at radius 1 is 0.308 bits per heavy atom. The molecule has 0 spiro atoms. The molecule has 14 rings (SSSR count). The second kappa shape index (κ2) is 13.8. The molecule has 0 saturated heterocycles. The van der Waals surface area contributed by atoms with Crippen LogP contribution in [0.4, 0.5) is 0 Å². The first-order valence-electron chi connectivity index (χ1n) is 21.9. The van der Waals surface area contributed by atoms with Gasteiger partial charge < -0.3 is 9.13 Å². The van der Waals surface area contributed by atoms with E-state index in [0.717, 1.165) is 77.8 Å². The molecular formula is C58H35N7. The Morgan fingerprint density at radius 2 is 0.769 bits per heavy atom. The van der Waals surface area contributed by atoms with Crippen molar-refractivity contribution in [1.82, 2.24) is 33.6 Å². The van der Waals surface area contributed by atoms with Crippen LogP contribution in [0.15, 0.2) is 212 Å². The highest BCUT2D eigenvalue weighted by Crippen LogP contribution is 2.38. The summed E-state index contributed by atoms with van der Waals surface area (Å²) in [6.45, 7) is 0. The van der Waals surface area contributed by atoms with Crippen LogP contribution in [-0.2, 0) is 0 Å². The lowest BCUT2D eigenvalue weighted by atomic mass is 10.1.